The third kappa shape index (κ3) is 4.33. The summed E-state index contributed by atoms with van der Waals surface area (Å²) in [6.45, 7) is 6.50. The summed E-state index contributed by atoms with van der Waals surface area (Å²) in [5, 5.41) is 1.09. The second kappa shape index (κ2) is 7.62. The summed E-state index contributed by atoms with van der Waals surface area (Å²) in [5.41, 5.74) is 0.904. The van der Waals surface area contributed by atoms with E-state index >= 15 is 0 Å². The number of likely N-dealkylation sites (N-methyl/N-ethyl adjacent to an activating group) is 1. The molecule has 124 valence electrons. The zero-order valence-corrected chi connectivity index (χ0v) is 14.0. The van der Waals surface area contributed by atoms with Crippen molar-refractivity contribution in [2.24, 2.45) is 0 Å². The number of methoxy groups -OCH3 is 1. The van der Waals surface area contributed by atoms with Gasteiger partial charge in [0.2, 0.25) is 5.88 Å². The molecule has 0 N–H and O–H groups in total. The Labute approximate surface area is 137 Å². The first-order chi connectivity index (χ1) is 11.2. The van der Waals surface area contributed by atoms with E-state index in [1.807, 2.05) is 30.3 Å². The van der Waals surface area contributed by atoms with Gasteiger partial charge in [0.15, 0.2) is 0 Å². The number of hydrogen-bond acceptors (Lipinski definition) is 5. The van der Waals surface area contributed by atoms with Crippen molar-refractivity contribution in [2.45, 2.75) is 6.42 Å². The largest absolute Gasteiger partial charge is 0.493 e. The van der Waals surface area contributed by atoms with Crippen molar-refractivity contribution < 1.29 is 9.47 Å². The predicted octanol–water partition coefficient (Wildman–Crippen LogP) is 2.26. The van der Waals surface area contributed by atoms with Gasteiger partial charge in [-0.05, 0) is 31.7 Å². The van der Waals surface area contributed by atoms with Crippen molar-refractivity contribution in [3.63, 3.8) is 0 Å². The molecule has 0 spiro atoms. The minimum atomic E-state index is 0.629. The van der Waals surface area contributed by atoms with Crippen molar-refractivity contribution in [3.8, 4) is 11.6 Å². The van der Waals surface area contributed by atoms with E-state index in [1.165, 1.54) is 13.1 Å². The van der Waals surface area contributed by atoms with Crippen LogP contribution in [0, 0.1) is 0 Å². The summed E-state index contributed by atoms with van der Waals surface area (Å²) < 4.78 is 11.1. The molecule has 23 heavy (non-hydrogen) atoms. The molecule has 1 aliphatic heterocycles. The first kappa shape index (κ1) is 16.0. The molecule has 0 amide bonds. The number of fused-ring (bicyclic) bond motifs is 1. The second-order valence-corrected chi connectivity index (χ2v) is 6.06. The third-order valence-electron chi connectivity index (χ3n) is 4.33. The Balaban J connectivity index is 1.49. The van der Waals surface area contributed by atoms with Crippen molar-refractivity contribution in [1.82, 2.24) is 14.8 Å². The molecule has 0 bridgehead atoms. The molecule has 0 aliphatic carbocycles. The monoisotopic (exact) mass is 315 g/mol. The predicted molar refractivity (Wildman–Crippen MR) is 92.3 cm³/mol. The number of piperazine rings is 1. The standard InChI is InChI=1S/C18H25N3O2/c1-20-9-11-21(12-10-20)8-3-13-23-16-6-4-15-5-7-18(22-2)19-17(15)14-16/h4-7,14H,3,8-13H2,1-2H3. The van der Waals surface area contributed by atoms with Crippen LogP contribution in [-0.4, -0.2) is 68.3 Å². The summed E-state index contributed by atoms with van der Waals surface area (Å²) in [4.78, 5) is 9.34. The lowest BCUT2D eigenvalue weighted by Gasteiger charge is -2.32. The summed E-state index contributed by atoms with van der Waals surface area (Å²) in [6, 6.07) is 9.91. The lowest BCUT2D eigenvalue weighted by atomic mass is 10.2. The van der Waals surface area contributed by atoms with Gasteiger partial charge in [-0.25, -0.2) is 4.98 Å². The van der Waals surface area contributed by atoms with Crippen molar-refractivity contribution in [1.29, 1.82) is 0 Å². The fourth-order valence-corrected chi connectivity index (χ4v) is 2.83. The molecule has 5 heteroatoms. The Morgan fingerprint density at radius 2 is 1.87 bits per heavy atom. The first-order valence-corrected chi connectivity index (χ1v) is 8.23. The maximum atomic E-state index is 5.88. The van der Waals surface area contributed by atoms with E-state index in [4.69, 9.17) is 9.47 Å². The number of ether oxygens (including phenoxy) is 2. The molecule has 2 heterocycles. The van der Waals surface area contributed by atoms with Gasteiger partial charge < -0.3 is 19.3 Å². The third-order valence-corrected chi connectivity index (χ3v) is 4.33. The molecular formula is C18H25N3O2. The molecule has 1 saturated heterocycles. The fraction of sp³-hybridized carbons (Fsp3) is 0.500. The van der Waals surface area contributed by atoms with Gasteiger partial charge >= 0.3 is 0 Å². The highest BCUT2D eigenvalue weighted by molar-refractivity contribution is 5.80. The molecule has 1 aromatic carbocycles. The van der Waals surface area contributed by atoms with Gasteiger partial charge in [-0.1, -0.05) is 0 Å². The zero-order chi connectivity index (χ0) is 16.1. The second-order valence-electron chi connectivity index (χ2n) is 6.06. The van der Waals surface area contributed by atoms with Crippen LogP contribution in [0.5, 0.6) is 11.6 Å². The number of aromatic nitrogens is 1. The average molecular weight is 315 g/mol. The number of rotatable bonds is 6. The van der Waals surface area contributed by atoms with Crippen LogP contribution in [0.15, 0.2) is 30.3 Å². The van der Waals surface area contributed by atoms with Crippen molar-refractivity contribution in [3.05, 3.63) is 30.3 Å². The number of benzene rings is 1. The van der Waals surface area contributed by atoms with E-state index in [0.717, 1.165) is 49.3 Å². The normalized spacial score (nSPS) is 16.6. The molecule has 1 fully saturated rings. The Morgan fingerprint density at radius 3 is 2.65 bits per heavy atom. The fourth-order valence-electron chi connectivity index (χ4n) is 2.83. The van der Waals surface area contributed by atoms with Gasteiger partial charge in [-0.2, -0.15) is 0 Å². The quantitative estimate of drug-likeness (QED) is 0.765. The number of pyridine rings is 1. The highest BCUT2D eigenvalue weighted by Crippen LogP contribution is 2.21. The van der Waals surface area contributed by atoms with Crippen molar-refractivity contribution >= 4 is 10.9 Å². The van der Waals surface area contributed by atoms with Gasteiger partial charge in [-0.3, -0.25) is 0 Å². The average Bonchev–Trinajstić information content (AvgIpc) is 2.59. The molecule has 5 nitrogen and oxygen atoms in total. The molecule has 0 saturated carbocycles. The minimum Gasteiger partial charge on any atom is -0.493 e. The minimum absolute atomic E-state index is 0.629. The smallest absolute Gasteiger partial charge is 0.213 e. The summed E-state index contributed by atoms with van der Waals surface area (Å²) >= 11 is 0. The number of hydrogen-bond donors (Lipinski definition) is 0. The maximum Gasteiger partial charge on any atom is 0.213 e. The lowest BCUT2D eigenvalue weighted by molar-refractivity contribution is 0.145. The van der Waals surface area contributed by atoms with Gasteiger partial charge in [0, 0.05) is 50.2 Å². The Bertz CT molecular complexity index is 639. The Hall–Kier alpha value is -1.85. The molecule has 0 unspecified atom stereocenters. The Kier molecular flexibility index (Phi) is 5.31. The van der Waals surface area contributed by atoms with Crippen LogP contribution in [0.25, 0.3) is 10.9 Å². The summed E-state index contributed by atoms with van der Waals surface area (Å²) in [7, 11) is 3.82. The van der Waals surface area contributed by atoms with Crippen LogP contribution in [0.2, 0.25) is 0 Å². The Morgan fingerprint density at radius 1 is 1.09 bits per heavy atom. The molecule has 3 rings (SSSR count). The molecule has 0 atom stereocenters. The van der Waals surface area contributed by atoms with E-state index < -0.39 is 0 Å². The van der Waals surface area contributed by atoms with Gasteiger partial charge in [-0.15, -0.1) is 0 Å². The van der Waals surface area contributed by atoms with Crippen LogP contribution in [0.4, 0.5) is 0 Å². The molecule has 1 aromatic heterocycles. The van der Waals surface area contributed by atoms with Gasteiger partial charge in [0.05, 0.1) is 19.2 Å². The van der Waals surface area contributed by atoms with Crippen LogP contribution in [0.1, 0.15) is 6.42 Å². The number of nitrogens with zero attached hydrogens (tertiary/aromatic N) is 3. The van der Waals surface area contributed by atoms with Crippen LogP contribution >= 0.6 is 0 Å². The van der Waals surface area contributed by atoms with E-state index in [2.05, 4.69) is 21.8 Å². The van der Waals surface area contributed by atoms with E-state index in [9.17, 15) is 0 Å². The lowest BCUT2D eigenvalue weighted by Crippen LogP contribution is -2.44. The topological polar surface area (TPSA) is 37.8 Å². The van der Waals surface area contributed by atoms with E-state index in [-0.39, 0.29) is 0 Å². The van der Waals surface area contributed by atoms with Crippen LogP contribution in [0.3, 0.4) is 0 Å². The highest BCUT2D eigenvalue weighted by Gasteiger charge is 2.12. The maximum absolute atomic E-state index is 5.88. The summed E-state index contributed by atoms with van der Waals surface area (Å²) in [5.74, 6) is 1.50. The first-order valence-electron chi connectivity index (χ1n) is 8.23. The SMILES string of the molecule is COc1ccc2ccc(OCCCN3CCN(C)CC3)cc2n1. The highest BCUT2D eigenvalue weighted by atomic mass is 16.5. The molecule has 2 aromatic rings. The van der Waals surface area contributed by atoms with E-state index in [0.29, 0.717) is 5.88 Å². The summed E-state index contributed by atoms with van der Waals surface area (Å²) in [6.07, 6.45) is 1.05. The molecular weight excluding hydrogens is 290 g/mol. The van der Waals surface area contributed by atoms with Crippen molar-refractivity contribution in [2.75, 3.05) is 53.5 Å². The van der Waals surface area contributed by atoms with Crippen LogP contribution in [-0.2, 0) is 0 Å². The van der Waals surface area contributed by atoms with Gasteiger partial charge in [0.1, 0.15) is 5.75 Å². The molecule has 1 aliphatic rings. The van der Waals surface area contributed by atoms with Gasteiger partial charge in [0.25, 0.3) is 0 Å². The van der Waals surface area contributed by atoms with Crippen LogP contribution < -0.4 is 9.47 Å². The molecule has 0 radical (unpaired) electrons. The van der Waals surface area contributed by atoms with E-state index in [1.54, 1.807) is 7.11 Å². The zero-order valence-electron chi connectivity index (χ0n) is 14.0.